The number of hydrogen-bond donors (Lipinski definition) is 4. The van der Waals surface area contributed by atoms with Gasteiger partial charge in [-0.15, -0.1) is 11.3 Å². The summed E-state index contributed by atoms with van der Waals surface area (Å²) in [6.07, 6.45) is 1.82. The van der Waals surface area contributed by atoms with Crippen molar-refractivity contribution in [1.29, 1.82) is 0 Å². The molecule has 1 fully saturated rings. The third-order valence-electron chi connectivity index (χ3n) is 6.95. The summed E-state index contributed by atoms with van der Waals surface area (Å²) in [5.41, 5.74) is 5.73. The van der Waals surface area contributed by atoms with Gasteiger partial charge in [-0.25, -0.2) is 15.4 Å². The van der Waals surface area contributed by atoms with E-state index in [1.165, 1.54) is 0 Å². The number of amides is 1. The summed E-state index contributed by atoms with van der Waals surface area (Å²) in [5.74, 6) is 1.34. The first-order valence-electron chi connectivity index (χ1n) is 12.9. The molecule has 3 aromatic heterocycles. The van der Waals surface area contributed by atoms with Crippen LogP contribution in [0.25, 0.3) is 32.5 Å². The molecule has 39 heavy (non-hydrogen) atoms. The van der Waals surface area contributed by atoms with Crippen LogP contribution in [0.3, 0.4) is 0 Å². The average molecular weight is 544 g/mol. The fraction of sp³-hybridized carbons (Fsp3) is 0.286. The number of nitrogens with one attached hydrogen (secondary N) is 3. The van der Waals surface area contributed by atoms with Crippen LogP contribution in [-0.4, -0.2) is 57.6 Å². The van der Waals surface area contributed by atoms with Gasteiger partial charge in [0.2, 0.25) is 0 Å². The molecule has 1 saturated heterocycles. The van der Waals surface area contributed by atoms with Gasteiger partial charge in [0.15, 0.2) is 11.6 Å². The maximum atomic E-state index is 11.7. The van der Waals surface area contributed by atoms with Crippen LogP contribution in [-0.2, 0) is 4.74 Å². The van der Waals surface area contributed by atoms with Crippen LogP contribution in [0.1, 0.15) is 35.1 Å². The molecule has 0 bridgehead atoms. The van der Waals surface area contributed by atoms with E-state index in [-0.39, 0.29) is 12.0 Å². The van der Waals surface area contributed by atoms with Crippen molar-refractivity contribution in [2.24, 2.45) is 5.92 Å². The lowest BCUT2D eigenvalue weighted by atomic mass is 10.0. The molecule has 0 radical (unpaired) electrons. The second-order valence-corrected chi connectivity index (χ2v) is 10.9. The molecule has 10 nitrogen and oxygen atoms in total. The Morgan fingerprint density at radius 1 is 1.13 bits per heavy atom. The van der Waals surface area contributed by atoms with Gasteiger partial charge in [0, 0.05) is 40.2 Å². The highest BCUT2D eigenvalue weighted by molar-refractivity contribution is 7.19. The summed E-state index contributed by atoms with van der Waals surface area (Å²) in [5, 5.41) is 20.8. The van der Waals surface area contributed by atoms with Crippen LogP contribution in [0.2, 0.25) is 0 Å². The summed E-state index contributed by atoms with van der Waals surface area (Å²) < 4.78 is 6.68. The van der Waals surface area contributed by atoms with Crippen molar-refractivity contribution < 1.29 is 14.7 Å². The Morgan fingerprint density at radius 3 is 2.67 bits per heavy atom. The van der Waals surface area contributed by atoms with E-state index < -0.39 is 5.91 Å². The van der Waals surface area contributed by atoms with E-state index in [0.29, 0.717) is 24.6 Å². The minimum atomic E-state index is -0.539. The van der Waals surface area contributed by atoms with E-state index in [1.54, 1.807) is 28.9 Å². The van der Waals surface area contributed by atoms with Gasteiger partial charge in [0.25, 0.3) is 5.91 Å². The summed E-state index contributed by atoms with van der Waals surface area (Å²) in [6.45, 7) is 7.22. The summed E-state index contributed by atoms with van der Waals surface area (Å²) in [6, 6.07) is 15.3. The molecule has 2 aromatic carbocycles. The van der Waals surface area contributed by atoms with Crippen molar-refractivity contribution in [3.63, 3.8) is 0 Å². The van der Waals surface area contributed by atoms with Crippen LogP contribution >= 0.6 is 11.3 Å². The fourth-order valence-corrected chi connectivity index (χ4v) is 6.23. The quantitative estimate of drug-likeness (QED) is 0.167. The fourth-order valence-electron chi connectivity index (χ4n) is 4.89. The third kappa shape index (κ3) is 4.91. The number of nitrogens with zero attached hydrogens (tertiary/aromatic N) is 4. The first-order valence-corrected chi connectivity index (χ1v) is 13.7. The van der Waals surface area contributed by atoms with Gasteiger partial charge in [0.1, 0.15) is 0 Å². The molecule has 1 aliphatic heterocycles. The Labute approximate surface area is 229 Å². The molecule has 1 atom stereocenters. The molecule has 6 rings (SSSR count). The van der Waals surface area contributed by atoms with Gasteiger partial charge in [-0.2, -0.15) is 5.10 Å². The predicted octanol–water partition coefficient (Wildman–Crippen LogP) is 5.00. The topological polar surface area (TPSA) is 128 Å². The maximum absolute atomic E-state index is 11.7. The average Bonchev–Trinajstić information content (AvgIpc) is 3.62. The number of hydrogen-bond acceptors (Lipinski definition) is 9. The van der Waals surface area contributed by atoms with E-state index in [9.17, 15) is 4.79 Å². The van der Waals surface area contributed by atoms with Crippen LogP contribution in [0.5, 0.6) is 0 Å². The second-order valence-electron chi connectivity index (χ2n) is 9.85. The minimum Gasteiger partial charge on any atom is -0.378 e. The van der Waals surface area contributed by atoms with Gasteiger partial charge in [-0.05, 0) is 42.3 Å². The lowest BCUT2D eigenvalue weighted by Crippen LogP contribution is -2.36. The van der Waals surface area contributed by atoms with Crippen molar-refractivity contribution in [3.8, 4) is 11.4 Å². The highest BCUT2D eigenvalue weighted by Gasteiger charge is 2.24. The van der Waals surface area contributed by atoms with E-state index in [4.69, 9.17) is 19.9 Å². The lowest BCUT2D eigenvalue weighted by molar-refractivity contribution is 0.0706. The van der Waals surface area contributed by atoms with Crippen molar-refractivity contribution >= 4 is 49.9 Å². The highest BCUT2D eigenvalue weighted by atomic mass is 32.1. The number of carbonyl (C=O) groups is 1. The monoisotopic (exact) mass is 543 g/mol. The Kier molecular flexibility index (Phi) is 6.86. The molecule has 1 amide bonds. The smallest absolute Gasteiger partial charge is 0.274 e. The number of benzene rings is 2. The molecule has 0 aliphatic carbocycles. The normalized spacial score (nSPS) is 14.7. The maximum Gasteiger partial charge on any atom is 0.274 e. The van der Waals surface area contributed by atoms with E-state index in [2.05, 4.69) is 40.3 Å². The summed E-state index contributed by atoms with van der Waals surface area (Å²) in [7, 11) is 0. The molecule has 4 heterocycles. The molecule has 11 heteroatoms. The molecule has 0 saturated carbocycles. The number of hydroxylamine groups is 1. The van der Waals surface area contributed by atoms with Gasteiger partial charge in [0.05, 0.1) is 41.2 Å². The zero-order valence-electron chi connectivity index (χ0n) is 21.6. The second kappa shape index (κ2) is 10.6. The number of aromatic nitrogens is 4. The number of ether oxygens (including phenoxy) is 1. The van der Waals surface area contributed by atoms with E-state index in [1.807, 2.05) is 36.5 Å². The van der Waals surface area contributed by atoms with Crippen LogP contribution in [0.4, 0.5) is 11.5 Å². The Balaban J connectivity index is 1.42. The SMILES string of the molecule is CC(C)C(Nc1ccc(C(=O)NO)cc1)c1cc2nc(-c3cccc4[nH]ncc34)nc(N3CCOCC3)c2s1. The van der Waals surface area contributed by atoms with Crippen molar-refractivity contribution in [2.75, 3.05) is 36.5 Å². The standard InChI is InChI=1S/C28H29N7O3S/c1-16(2)24(30-18-8-6-17(7-9-18)28(36)34-37)23-14-22-25(39-23)27(35-10-12-38-13-11-35)32-26(31-22)19-4-3-5-21-20(19)15-29-33-21/h3-9,14-16,24,30,37H,10-13H2,1-2H3,(H,29,33)(H,34,36). The summed E-state index contributed by atoms with van der Waals surface area (Å²) >= 11 is 1.71. The number of H-pyrrole nitrogens is 1. The summed E-state index contributed by atoms with van der Waals surface area (Å²) in [4.78, 5) is 25.3. The van der Waals surface area contributed by atoms with E-state index >= 15 is 0 Å². The Morgan fingerprint density at radius 2 is 1.92 bits per heavy atom. The predicted molar refractivity (Wildman–Crippen MR) is 152 cm³/mol. The van der Waals surface area contributed by atoms with Crippen LogP contribution in [0.15, 0.2) is 54.7 Å². The zero-order valence-corrected chi connectivity index (χ0v) is 22.5. The van der Waals surface area contributed by atoms with Gasteiger partial charge in [-0.3, -0.25) is 15.1 Å². The van der Waals surface area contributed by atoms with Gasteiger partial charge < -0.3 is 15.0 Å². The van der Waals surface area contributed by atoms with Gasteiger partial charge in [-0.1, -0.05) is 26.0 Å². The molecular formula is C28H29N7O3S. The number of aromatic amines is 1. The largest absolute Gasteiger partial charge is 0.378 e. The number of thiophene rings is 1. The van der Waals surface area contributed by atoms with Crippen molar-refractivity contribution in [1.82, 2.24) is 25.6 Å². The number of anilines is 2. The minimum absolute atomic E-state index is 0.0139. The Bertz CT molecular complexity index is 1620. The van der Waals surface area contributed by atoms with Crippen LogP contribution in [0, 0.1) is 5.92 Å². The number of fused-ring (bicyclic) bond motifs is 2. The zero-order chi connectivity index (χ0) is 26.9. The number of morpholine rings is 1. The molecule has 5 aromatic rings. The molecule has 200 valence electrons. The molecule has 1 unspecified atom stereocenters. The molecule has 4 N–H and O–H groups in total. The molecule has 0 spiro atoms. The molecular weight excluding hydrogens is 514 g/mol. The third-order valence-corrected chi connectivity index (χ3v) is 8.16. The van der Waals surface area contributed by atoms with Crippen molar-refractivity contribution in [3.05, 3.63) is 65.2 Å². The lowest BCUT2D eigenvalue weighted by Gasteiger charge is -2.28. The Hall–Kier alpha value is -4.06. The van der Waals surface area contributed by atoms with Crippen LogP contribution < -0.4 is 15.7 Å². The number of rotatable bonds is 7. The first kappa shape index (κ1) is 25.2. The van der Waals surface area contributed by atoms with Crippen molar-refractivity contribution in [2.45, 2.75) is 19.9 Å². The first-order chi connectivity index (χ1) is 19.0. The highest BCUT2D eigenvalue weighted by Crippen LogP contribution is 2.40. The number of carbonyl (C=O) groups excluding carboxylic acids is 1. The molecule has 1 aliphatic rings. The van der Waals surface area contributed by atoms with Gasteiger partial charge >= 0.3 is 0 Å². The van der Waals surface area contributed by atoms with E-state index in [0.717, 1.165) is 56.2 Å².